The average molecular weight is 252 g/mol. The minimum atomic E-state index is 0.262. The monoisotopic (exact) mass is 252 g/mol. The topological polar surface area (TPSA) is 0 Å². The van der Waals surface area contributed by atoms with Crippen LogP contribution in [0.5, 0.6) is 0 Å². The first kappa shape index (κ1) is 14.8. The van der Waals surface area contributed by atoms with Crippen molar-refractivity contribution >= 4 is 11.3 Å². The van der Waals surface area contributed by atoms with E-state index in [1.165, 1.54) is 6.42 Å². The van der Waals surface area contributed by atoms with Crippen LogP contribution in [0.25, 0.3) is 0 Å². The van der Waals surface area contributed by atoms with Crippen molar-refractivity contribution in [2.45, 2.75) is 78.6 Å². The van der Waals surface area contributed by atoms with Crippen molar-refractivity contribution in [3.63, 3.8) is 0 Å². The van der Waals surface area contributed by atoms with Crippen LogP contribution in [-0.2, 0) is 10.8 Å². The second kappa shape index (κ2) is 4.76. The number of hydrogen-bond donors (Lipinski definition) is 0. The maximum Gasteiger partial charge on any atom is 0.0111 e. The Kier molecular flexibility index (Phi) is 4.13. The van der Waals surface area contributed by atoms with Gasteiger partial charge in [0.15, 0.2) is 0 Å². The first-order valence-electron chi connectivity index (χ1n) is 6.74. The van der Waals surface area contributed by atoms with E-state index in [9.17, 15) is 0 Å². The summed E-state index contributed by atoms with van der Waals surface area (Å²) in [4.78, 5) is 3.13. The molecule has 1 aromatic rings. The van der Waals surface area contributed by atoms with E-state index in [0.29, 0.717) is 11.3 Å². The van der Waals surface area contributed by atoms with Gasteiger partial charge in [0.1, 0.15) is 0 Å². The molecule has 0 aromatic carbocycles. The van der Waals surface area contributed by atoms with Gasteiger partial charge in [0.25, 0.3) is 0 Å². The summed E-state index contributed by atoms with van der Waals surface area (Å²) in [5, 5.41) is 0. The molecular formula is C16H28S. The van der Waals surface area contributed by atoms with Gasteiger partial charge >= 0.3 is 0 Å². The highest BCUT2D eigenvalue weighted by Gasteiger charge is 2.27. The van der Waals surface area contributed by atoms with Gasteiger partial charge < -0.3 is 0 Å². The predicted molar refractivity (Wildman–Crippen MR) is 80.4 cm³/mol. The maximum absolute atomic E-state index is 2.46. The Balaban J connectivity index is 3.32. The van der Waals surface area contributed by atoms with Crippen LogP contribution >= 0.6 is 11.3 Å². The molecule has 0 aliphatic rings. The van der Waals surface area contributed by atoms with Crippen molar-refractivity contribution in [1.29, 1.82) is 0 Å². The molecule has 0 nitrogen and oxygen atoms in total. The smallest absolute Gasteiger partial charge is 0.0111 e. The number of rotatable bonds is 3. The lowest BCUT2D eigenvalue weighted by atomic mass is 9.82. The molecule has 17 heavy (non-hydrogen) atoms. The summed E-state index contributed by atoms with van der Waals surface area (Å²) in [6, 6.07) is 2.46. The fourth-order valence-electron chi connectivity index (χ4n) is 1.93. The molecule has 0 atom stereocenters. The highest BCUT2D eigenvalue weighted by Crippen LogP contribution is 2.42. The van der Waals surface area contributed by atoms with E-state index in [4.69, 9.17) is 0 Å². The van der Waals surface area contributed by atoms with E-state index in [1.807, 2.05) is 11.3 Å². The Hall–Kier alpha value is -0.300. The first-order valence-corrected chi connectivity index (χ1v) is 7.56. The van der Waals surface area contributed by atoms with Crippen LogP contribution in [0, 0.1) is 0 Å². The summed E-state index contributed by atoms with van der Waals surface area (Å²) < 4.78 is 0. The zero-order chi connectivity index (χ0) is 13.4. The molecular weight excluding hydrogens is 224 g/mol. The van der Waals surface area contributed by atoms with Gasteiger partial charge in [0.2, 0.25) is 0 Å². The third-order valence-electron chi connectivity index (χ3n) is 3.64. The van der Waals surface area contributed by atoms with Gasteiger partial charge in [-0.05, 0) is 34.8 Å². The molecule has 0 aliphatic carbocycles. The van der Waals surface area contributed by atoms with E-state index in [2.05, 4.69) is 61.5 Å². The van der Waals surface area contributed by atoms with Gasteiger partial charge in [0.05, 0.1) is 0 Å². The minimum absolute atomic E-state index is 0.262. The molecule has 0 radical (unpaired) electrons. The van der Waals surface area contributed by atoms with Gasteiger partial charge in [-0.1, -0.05) is 55.4 Å². The number of thiophene rings is 1. The van der Waals surface area contributed by atoms with Crippen LogP contribution in [0.15, 0.2) is 6.07 Å². The Morgan fingerprint density at radius 3 is 1.94 bits per heavy atom. The summed E-state index contributed by atoms with van der Waals surface area (Å²) in [5.74, 6) is 0.635. The zero-order valence-corrected chi connectivity index (χ0v) is 13.6. The summed E-state index contributed by atoms with van der Waals surface area (Å²) in [7, 11) is 0. The first-order chi connectivity index (χ1) is 7.59. The van der Waals surface area contributed by atoms with Crippen molar-refractivity contribution in [1.82, 2.24) is 0 Å². The molecule has 0 bridgehead atoms. The Labute approximate surface area is 111 Å². The second-order valence-corrected chi connectivity index (χ2v) is 8.11. The lowest BCUT2D eigenvalue weighted by Gasteiger charge is -2.21. The second-order valence-electron chi connectivity index (χ2n) is 7.03. The van der Waals surface area contributed by atoms with Crippen LogP contribution in [0.2, 0.25) is 0 Å². The van der Waals surface area contributed by atoms with Crippen LogP contribution in [0.4, 0.5) is 0 Å². The van der Waals surface area contributed by atoms with Gasteiger partial charge in [-0.25, -0.2) is 0 Å². The lowest BCUT2D eigenvalue weighted by molar-refractivity contribution is 0.514. The minimum Gasteiger partial charge on any atom is -0.144 e. The quantitative estimate of drug-likeness (QED) is 0.632. The SMILES string of the molecule is CCC(C)(C)c1cc(C(C)(C)C)c(C(C)C)s1. The van der Waals surface area contributed by atoms with Crippen molar-refractivity contribution in [3.05, 3.63) is 21.4 Å². The Morgan fingerprint density at radius 1 is 1.12 bits per heavy atom. The predicted octanol–water partition coefficient (Wildman–Crippen LogP) is 5.86. The molecule has 1 aromatic heterocycles. The third kappa shape index (κ3) is 3.13. The molecule has 98 valence electrons. The molecule has 0 aliphatic heterocycles. The van der Waals surface area contributed by atoms with E-state index in [1.54, 1.807) is 15.3 Å². The molecule has 0 spiro atoms. The third-order valence-corrected chi connectivity index (χ3v) is 5.45. The lowest BCUT2D eigenvalue weighted by Crippen LogP contribution is -2.15. The Bertz CT molecular complexity index is 375. The molecule has 1 rings (SSSR count). The summed E-state index contributed by atoms with van der Waals surface area (Å²) in [6.07, 6.45) is 1.20. The van der Waals surface area contributed by atoms with Crippen LogP contribution in [-0.4, -0.2) is 0 Å². The van der Waals surface area contributed by atoms with Gasteiger partial charge in [-0.2, -0.15) is 0 Å². The number of hydrogen-bond acceptors (Lipinski definition) is 1. The van der Waals surface area contributed by atoms with Crippen LogP contribution in [0.3, 0.4) is 0 Å². The fraction of sp³-hybridized carbons (Fsp3) is 0.750. The van der Waals surface area contributed by atoms with E-state index in [-0.39, 0.29) is 5.41 Å². The summed E-state index contributed by atoms with van der Waals surface area (Å²) in [6.45, 7) is 18.6. The van der Waals surface area contributed by atoms with Crippen molar-refractivity contribution in [2.75, 3.05) is 0 Å². The van der Waals surface area contributed by atoms with Crippen LogP contribution < -0.4 is 0 Å². The molecule has 0 unspecified atom stereocenters. The molecule has 0 saturated heterocycles. The van der Waals surface area contributed by atoms with Gasteiger partial charge in [0, 0.05) is 9.75 Å². The van der Waals surface area contributed by atoms with Gasteiger partial charge in [-0.3, -0.25) is 0 Å². The normalized spacial score (nSPS) is 13.5. The average Bonchev–Trinajstić information content (AvgIpc) is 2.61. The van der Waals surface area contributed by atoms with E-state index >= 15 is 0 Å². The van der Waals surface area contributed by atoms with Crippen molar-refractivity contribution in [2.24, 2.45) is 0 Å². The molecule has 1 heterocycles. The molecule has 0 saturated carbocycles. The van der Waals surface area contributed by atoms with Crippen molar-refractivity contribution in [3.8, 4) is 0 Å². The molecule has 0 amide bonds. The highest BCUT2D eigenvalue weighted by molar-refractivity contribution is 7.12. The molecule has 1 heteroatoms. The van der Waals surface area contributed by atoms with E-state index < -0.39 is 0 Å². The van der Waals surface area contributed by atoms with Crippen LogP contribution in [0.1, 0.15) is 83.0 Å². The molecule has 0 fully saturated rings. The zero-order valence-electron chi connectivity index (χ0n) is 12.8. The fourth-order valence-corrected chi connectivity index (χ4v) is 3.47. The molecule has 0 N–H and O–H groups in total. The van der Waals surface area contributed by atoms with Crippen molar-refractivity contribution < 1.29 is 0 Å². The standard InChI is InChI=1S/C16H28S/c1-9-16(7,8)13-10-12(15(4,5)6)14(17-13)11(2)3/h10-11H,9H2,1-8H3. The highest BCUT2D eigenvalue weighted by atomic mass is 32.1. The Morgan fingerprint density at radius 2 is 1.65 bits per heavy atom. The summed E-state index contributed by atoms with van der Waals surface area (Å²) in [5.41, 5.74) is 2.13. The summed E-state index contributed by atoms with van der Waals surface area (Å²) >= 11 is 2.03. The maximum atomic E-state index is 2.46. The van der Waals surface area contributed by atoms with E-state index in [0.717, 1.165) is 0 Å². The van der Waals surface area contributed by atoms with Gasteiger partial charge in [-0.15, -0.1) is 11.3 Å². The largest absolute Gasteiger partial charge is 0.144 e.